The molecule has 0 fully saturated rings. The molecule has 0 heterocycles. The highest BCUT2D eigenvalue weighted by Gasteiger charge is 2.29. The zero-order valence-electron chi connectivity index (χ0n) is 20.0. The van der Waals surface area contributed by atoms with Crippen LogP contribution in [0.5, 0.6) is 0 Å². The number of hydrogen-bond donors (Lipinski definition) is 1. The minimum atomic E-state index is -0.490. The van der Waals surface area contributed by atoms with E-state index in [0.717, 1.165) is 18.4 Å². The molecule has 0 unspecified atom stereocenters. The lowest BCUT2D eigenvalue weighted by Gasteiger charge is -2.18. The molecule has 5 nitrogen and oxygen atoms in total. The number of rotatable bonds is 10. The van der Waals surface area contributed by atoms with Gasteiger partial charge in [-0.15, -0.1) is 0 Å². The highest BCUT2D eigenvalue weighted by Crippen LogP contribution is 2.44. The number of unbranched alkanes of at least 4 members (excludes halogenated alkanes) is 1. The van der Waals surface area contributed by atoms with Crippen LogP contribution in [0.3, 0.4) is 0 Å². The number of amides is 1. The van der Waals surface area contributed by atoms with Gasteiger partial charge in [-0.3, -0.25) is 0 Å². The first-order chi connectivity index (χ1) is 17.2. The summed E-state index contributed by atoms with van der Waals surface area (Å²) < 4.78 is 11.0. The minimum absolute atomic E-state index is 0.00532. The van der Waals surface area contributed by atoms with Crippen LogP contribution in [-0.4, -0.2) is 24.7 Å². The summed E-state index contributed by atoms with van der Waals surface area (Å²) in [4.78, 5) is 24.8. The van der Waals surface area contributed by atoms with Gasteiger partial charge < -0.3 is 14.8 Å². The third-order valence-electron chi connectivity index (χ3n) is 6.20. The summed E-state index contributed by atoms with van der Waals surface area (Å²) in [5, 5.41) is 2.90. The zero-order chi connectivity index (χ0) is 24.5. The number of carbonyl (C=O) groups excluding carboxylic acids is 2. The van der Waals surface area contributed by atoms with E-state index < -0.39 is 12.1 Å². The predicted octanol–water partition coefficient (Wildman–Crippen LogP) is 6.38. The van der Waals surface area contributed by atoms with E-state index in [0.29, 0.717) is 6.42 Å². The summed E-state index contributed by atoms with van der Waals surface area (Å²) >= 11 is 0. The topological polar surface area (TPSA) is 64.6 Å². The van der Waals surface area contributed by atoms with Gasteiger partial charge in [0.2, 0.25) is 0 Å². The summed E-state index contributed by atoms with van der Waals surface area (Å²) in [6.45, 7) is 2.55. The molecule has 3 aromatic carbocycles. The first-order valence-corrected chi connectivity index (χ1v) is 12.2. The Hall–Kier alpha value is -3.86. The van der Waals surface area contributed by atoms with Crippen molar-refractivity contribution in [2.24, 2.45) is 0 Å². The van der Waals surface area contributed by atoms with Gasteiger partial charge in [-0.2, -0.15) is 0 Å². The fourth-order valence-electron chi connectivity index (χ4n) is 4.40. The maximum absolute atomic E-state index is 12.7. The first-order valence-electron chi connectivity index (χ1n) is 12.2. The van der Waals surface area contributed by atoms with Crippen LogP contribution in [0.2, 0.25) is 0 Å². The van der Waals surface area contributed by atoms with Crippen molar-refractivity contribution >= 4 is 12.1 Å². The molecule has 1 atom stereocenters. The average molecular weight is 470 g/mol. The molecule has 3 aromatic rings. The van der Waals surface area contributed by atoms with Crippen LogP contribution in [0.4, 0.5) is 4.79 Å². The van der Waals surface area contributed by atoms with Crippen molar-refractivity contribution in [3.8, 4) is 11.1 Å². The molecule has 0 radical (unpaired) electrons. The second-order valence-corrected chi connectivity index (χ2v) is 8.67. The van der Waals surface area contributed by atoms with E-state index in [-0.39, 0.29) is 25.2 Å². The number of benzene rings is 3. The summed E-state index contributed by atoms with van der Waals surface area (Å²) in [5.74, 6) is -0.435. The molecule has 1 amide bonds. The smallest absolute Gasteiger partial charge is 0.407 e. The molecular weight excluding hydrogens is 438 g/mol. The number of fused-ring (bicyclic) bond motifs is 3. The zero-order valence-corrected chi connectivity index (χ0v) is 20.0. The van der Waals surface area contributed by atoms with Gasteiger partial charge >= 0.3 is 12.1 Å². The van der Waals surface area contributed by atoms with Gasteiger partial charge in [0.1, 0.15) is 13.2 Å². The van der Waals surface area contributed by atoms with Crippen molar-refractivity contribution < 1.29 is 19.1 Å². The molecule has 0 aliphatic heterocycles. The minimum Gasteiger partial charge on any atom is -0.458 e. The Morgan fingerprint density at radius 2 is 1.51 bits per heavy atom. The molecule has 0 saturated carbocycles. The van der Waals surface area contributed by atoms with Gasteiger partial charge in [-0.05, 0) is 34.2 Å². The number of esters is 1. The molecule has 0 spiro atoms. The van der Waals surface area contributed by atoms with E-state index in [1.54, 1.807) is 6.08 Å². The lowest BCUT2D eigenvalue weighted by molar-refractivity contribution is -0.139. The number of ether oxygens (including phenoxy) is 2. The molecular formula is C30H31NO4. The number of nitrogens with one attached hydrogen (secondary N) is 1. The van der Waals surface area contributed by atoms with Crippen LogP contribution in [-0.2, 0) is 20.9 Å². The number of hydrogen-bond acceptors (Lipinski definition) is 4. The highest BCUT2D eigenvalue weighted by molar-refractivity contribution is 5.82. The van der Waals surface area contributed by atoms with Crippen molar-refractivity contribution in [3.05, 3.63) is 108 Å². The van der Waals surface area contributed by atoms with Crippen LogP contribution < -0.4 is 5.32 Å². The molecule has 180 valence electrons. The van der Waals surface area contributed by atoms with Gasteiger partial charge in [0.05, 0.1) is 6.04 Å². The van der Waals surface area contributed by atoms with E-state index >= 15 is 0 Å². The molecule has 0 saturated heterocycles. The van der Waals surface area contributed by atoms with Crippen molar-refractivity contribution in [2.75, 3.05) is 6.61 Å². The third kappa shape index (κ3) is 6.38. The molecule has 35 heavy (non-hydrogen) atoms. The monoisotopic (exact) mass is 469 g/mol. The Morgan fingerprint density at radius 1 is 0.886 bits per heavy atom. The summed E-state index contributed by atoms with van der Waals surface area (Å²) in [6, 6.07) is 25.7. The first kappa shape index (κ1) is 24.3. The Balaban J connectivity index is 1.33. The second-order valence-electron chi connectivity index (χ2n) is 8.67. The molecule has 0 bridgehead atoms. The fourth-order valence-corrected chi connectivity index (χ4v) is 4.40. The molecule has 1 aliphatic carbocycles. The van der Waals surface area contributed by atoms with Crippen molar-refractivity contribution in [3.63, 3.8) is 0 Å². The van der Waals surface area contributed by atoms with E-state index in [9.17, 15) is 9.59 Å². The lowest BCUT2D eigenvalue weighted by Crippen LogP contribution is -2.34. The Labute approximate surface area is 206 Å². The van der Waals surface area contributed by atoms with Gasteiger partial charge in [0.15, 0.2) is 0 Å². The molecule has 0 aromatic heterocycles. The van der Waals surface area contributed by atoms with Crippen LogP contribution in [0.1, 0.15) is 48.8 Å². The van der Waals surface area contributed by atoms with Crippen LogP contribution in [0.25, 0.3) is 11.1 Å². The Bertz CT molecular complexity index is 1130. The summed E-state index contributed by atoms with van der Waals surface area (Å²) in [7, 11) is 0. The molecule has 1 N–H and O–H groups in total. The van der Waals surface area contributed by atoms with Gasteiger partial charge in [-0.1, -0.05) is 105 Å². The summed E-state index contributed by atoms with van der Waals surface area (Å²) in [6.07, 6.45) is 5.18. The third-order valence-corrected chi connectivity index (χ3v) is 6.20. The number of carbonyl (C=O) groups is 2. The van der Waals surface area contributed by atoms with E-state index in [1.165, 1.54) is 28.3 Å². The van der Waals surface area contributed by atoms with Crippen molar-refractivity contribution in [1.29, 1.82) is 0 Å². The van der Waals surface area contributed by atoms with Crippen LogP contribution in [0.15, 0.2) is 91.0 Å². The van der Waals surface area contributed by atoms with E-state index in [2.05, 4.69) is 36.5 Å². The lowest BCUT2D eigenvalue weighted by atomic mass is 9.98. The van der Waals surface area contributed by atoms with Crippen LogP contribution >= 0.6 is 0 Å². The van der Waals surface area contributed by atoms with E-state index in [1.807, 2.05) is 54.6 Å². The SMILES string of the molecule is CCCC[C@H](/C=C/C(=O)OCc1ccccc1)NC(=O)OCC1c2ccccc2-c2ccccc21. The van der Waals surface area contributed by atoms with Crippen molar-refractivity contribution in [2.45, 2.75) is 44.8 Å². The van der Waals surface area contributed by atoms with Gasteiger partial charge in [0, 0.05) is 12.0 Å². The molecule has 4 rings (SSSR count). The predicted molar refractivity (Wildman–Crippen MR) is 137 cm³/mol. The standard InChI is InChI=1S/C30H31NO4/c1-2-3-13-23(18-19-29(32)34-20-22-11-5-4-6-12-22)31-30(33)35-21-28-26-16-9-7-14-24(26)25-15-8-10-17-27(25)28/h4-12,14-19,23,28H,2-3,13,20-21H2,1H3,(H,31,33)/b19-18+/t23-/m1/s1. The largest absolute Gasteiger partial charge is 0.458 e. The second kappa shape index (κ2) is 12.0. The Morgan fingerprint density at radius 3 is 2.17 bits per heavy atom. The van der Waals surface area contributed by atoms with Gasteiger partial charge in [-0.25, -0.2) is 9.59 Å². The van der Waals surface area contributed by atoms with Gasteiger partial charge in [0.25, 0.3) is 0 Å². The summed E-state index contributed by atoms with van der Waals surface area (Å²) in [5.41, 5.74) is 5.65. The highest BCUT2D eigenvalue weighted by atomic mass is 16.5. The molecule has 1 aliphatic rings. The normalized spacial score (nSPS) is 13.2. The maximum atomic E-state index is 12.7. The van der Waals surface area contributed by atoms with Crippen molar-refractivity contribution in [1.82, 2.24) is 5.32 Å². The van der Waals surface area contributed by atoms with E-state index in [4.69, 9.17) is 9.47 Å². The maximum Gasteiger partial charge on any atom is 0.407 e. The Kier molecular flexibility index (Phi) is 8.34. The van der Waals surface area contributed by atoms with Crippen LogP contribution in [0, 0.1) is 0 Å². The quantitative estimate of drug-likeness (QED) is 0.276. The molecule has 5 heteroatoms. The average Bonchev–Trinajstić information content (AvgIpc) is 3.22. The number of alkyl carbamates (subject to hydrolysis) is 1. The fraction of sp³-hybridized carbons (Fsp3) is 0.267.